The average Bonchev–Trinajstić information content (AvgIpc) is 2.38. The fourth-order valence-corrected chi connectivity index (χ4v) is 3.39. The Kier molecular flexibility index (Phi) is 2.85. The number of hydrogen-bond acceptors (Lipinski definition) is 4. The van der Waals surface area contributed by atoms with Gasteiger partial charge in [-0.05, 0) is 29.0 Å². The van der Waals surface area contributed by atoms with Crippen LogP contribution in [0.4, 0.5) is 0 Å². The van der Waals surface area contributed by atoms with Gasteiger partial charge >= 0.3 is 7.60 Å². The Morgan fingerprint density at radius 1 is 0.810 bits per heavy atom. The van der Waals surface area contributed by atoms with Gasteiger partial charge in [0.2, 0.25) is 0 Å². The van der Waals surface area contributed by atoms with Crippen molar-refractivity contribution in [2.45, 2.75) is 0 Å². The van der Waals surface area contributed by atoms with Gasteiger partial charge < -0.3 is 25.1 Å². The lowest BCUT2D eigenvalue weighted by Gasteiger charge is -2.14. The highest BCUT2D eigenvalue weighted by molar-refractivity contribution is 7.61. The van der Waals surface area contributed by atoms with Crippen molar-refractivity contribution < 1.29 is 29.7 Å². The highest BCUT2D eigenvalue weighted by Gasteiger charge is 2.27. The third-order valence-corrected chi connectivity index (χ3v) is 4.37. The van der Waals surface area contributed by atoms with Crippen LogP contribution >= 0.6 is 7.60 Å². The zero-order valence-electron chi connectivity index (χ0n) is 10.6. The zero-order valence-corrected chi connectivity index (χ0v) is 11.5. The van der Waals surface area contributed by atoms with Crippen LogP contribution in [0.3, 0.4) is 0 Å². The minimum Gasteiger partial charge on any atom is -0.507 e. The maximum absolute atomic E-state index is 11.6. The standard InChI is InChI=1S/C14H11O6P/c15-9-3-1-2-7-6-8-4-5-10(16)14(21(18,19)20)12(8)13(17)11(7)9/h1-6,15-17H,(H2,18,19,20). The molecule has 0 saturated heterocycles. The van der Waals surface area contributed by atoms with E-state index in [-0.39, 0.29) is 16.5 Å². The van der Waals surface area contributed by atoms with Gasteiger partial charge in [-0.2, -0.15) is 0 Å². The number of benzene rings is 3. The number of fused-ring (bicyclic) bond motifs is 2. The molecule has 3 aromatic rings. The molecule has 0 unspecified atom stereocenters. The lowest BCUT2D eigenvalue weighted by atomic mass is 10.0. The molecule has 0 aliphatic rings. The van der Waals surface area contributed by atoms with Gasteiger partial charge in [0, 0.05) is 5.39 Å². The van der Waals surface area contributed by atoms with Gasteiger partial charge in [0.15, 0.2) is 0 Å². The maximum Gasteiger partial charge on any atom is 0.360 e. The molecule has 0 bridgehead atoms. The summed E-state index contributed by atoms with van der Waals surface area (Å²) in [6, 6.07) is 8.76. The molecule has 0 fully saturated rings. The summed E-state index contributed by atoms with van der Waals surface area (Å²) in [4.78, 5) is 18.8. The highest BCUT2D eigenvalue weighted by atomic mass is 31.2. The van der Waals surface area contributed by atoms with Gasteiger partial charge in [-0.1, -0.05) is 18.2 Å². The molecule has 0 atom stereocenters. The largest absolute Gasteiger partial charge is 0.507 e. The summed E-state index contributed by atoms with van der Waals surface area (Å²) in [5, 5.41) is 30.1. The topological polar surface area (TPSA) is 118 Å². The number of rotatable bonds is 1. The van der Waals surface area contributed by atoms with Gasteiger partial charge in [-0.25, -0.2) is 0 Å². The molecular weight excluding hydrogens is 295 g/mol. The predicted molar refractivity (Wildman–Crippen MR) is 78.1 cm³/mol. The van der Waals surface area contributed by atoms with E-state index in [2.05, 4.69) is 0 Å². The van der Waals surface area contributed by atoms with E-state index >= 15 is 0 Å². The smallest absolute Gasteiger partial charge is 0.360 e. The van der Waals surface area contributed by atoms with E-state index in [0.29, 0.717) is 10.8 Å². The monoisotopic (exact) mass is 306 g/mol. The summed E-state index contributed by atoms with van der Waals surface area (Å²) in [6.45, 7) is 0. The molecule has 6 nitrogen and oxygen atoms in total. The van der Waals surface area contributed by atoms with E-state index in [9.17, 15) is 29.7 Å². The second kappa shape index (κ2) is 4.36. The molecule has 0 saturated carbocycles. The Hall–Kier alpha value is -2.27. The van der Waals surface area contributed by atoms with E-state index in [4.69, 9.17) is 0 Å². The second-order valence-corrected chi connectivity index (χ2v) is 6.21. The van der Waals surface area contributed by atoms with Crippen LogP contribution in [0.5, 0.6) is 17.2 Å². The Balaban J connectivity index is 2.64. The fourth-order valence-electron chi connectivity index (χ4n) is 2.49. The first-order chi connectivity index (χ1) is 9.80. The first kappa shape index (κ1) is 13.7. The summed E-state index contributed by atoms with van der Waals surface area (Å²) in [5.41, 5.74) is 0. The molecule has 0 spiro atoms. The number of hydrogen-bond donors (Lipinski definition) is 5. The number of aromatic hydroxyl groups is 3. The van der Waals surface area contributed by atoms with Crippen molar-refractivity contribution in [2.24, 2.45) is 0 Å². The van der Waals surface area contributed by atoms with Crippen molar-refractivity contribution in [3.8, 4) is 17.2 Å². The third kappa shape index (κ3) is 2.01. The quantitative estimate of drug-likeness (QED) is 0.346. The maximum atomic E-state index is 11.6. The minimum atomic E-state index is -4.81. The van der Waals surface area contributed by atoms with Crippen LogP contribution in [-0.4, -0.2) is 25.1 Å². The lowest BCUT2D eigenvalue weighted by Crippen LogP contribution is -2.06. The van der Waals surface area contributed by atoms with E-state index in [1.807, 2.05) is 0 Å². The van der Waals surface area contributed by atoms with Crippen LogP contribution in [0.25, 0.3) is 21.5 Å². The molecular formula is C14H11O6P. The first-order valence-electron chi connectivity index (χ1n) is 5.96. The van der Waals surface area contributed by atoms with E-state index < -0.39 is 24.4 Å². The third-order valence-electron chi connectivity index (χ3n) is 3.34. The lowest BCUT2D eigenvalue weighted by molar-refractivity contribution is 0.384. The Morgan fingerprint density at radius 3 is 2.14 bits per heavy atom. The second-order valence-electron chi connectivity index (χ2n) is 4.68. The van der Waals surface area contributed by atoms with Crippen molar-refractivity contribution in [2.75, 3.05) is 0 Å². The summed E-state index contributed by atoms with van der Waals surface area (Å²) < 4.78 is 11.6. The number of phenolic OH excluding ortho intramolecular Hbond substituents is 3. The van der Waals surface area contributed by atoms with Gasteiger partial charge in [0.25, 0.3) is 0 Å². The Bertz CT molecular complexity index is 928. The van der Waals surface area contributed by atoms with Crippen molar-refractivity contribution in [1.82, 2.24) is 0 Å². The van der Waals surface area contributed by atoms with E-state index in [1.54, 1.807) is 18.2 Å². The van der Waals surface area contributed by atoms with Crippen LogP contribution in [0.15, 0.2) is 36.4 Å². The normalized spacial score (nSPS) is 12.1. The van der Waals surface area contributed by atoms with E-state index in [1.165, 1.54) is 12.1 Å². The first-order valence-corrected chi connectivity index (χ1v) is 7.57. The van der Waals surface area contributed by atoms with Crippen molar-refractivity contribution in [3.05, 3.63) is 36.4 Å². The van der Waals surface area contributed by atoms with Crippen LogP contribution in [0.1, 0.15) is 0 Å². The average molecular weight is 306 g/mol. The summed E-state index contributed by atoms with van der Waals surface area (Å²) >= 11 is 0. The fraction of sp³-hybridized carbons (Fsp3) is 0. The van der Waals surface area contributed by atoms with E-state index in [0.717, 1.165) is 6.07 Å². The van der Waals surface area contributed by atoms with Crippen LogP contribution < -0.4 is 5.30 Å². The van der Waals surface area contributed by atoms with Crippen LogP contribution in [0.2, 0.25) is 0 Å². The van der Waals surface area contributed by atoms with Crippen molar-refractivity contribution in [3.63, 3.8) is 0 Å². The van der Waals surface area contributed by atoms with Gasteiger partial charge in [0.05, 0.1) is 5.39 Å². The minimum absolute atomic E-state index is 0.0744. The Morgan fingerprint density at radius 2 is 1.48 bits per heavy atom. The molecule has 0 radical (unpaired) electrons. The molecule has 0 aromatic heterocycles. The molecule has 0 amide bonds. The molecule has 0 aliphatic carbocycles. The summed E-state index contributed by atoms with van der Waals surface area (Å²) in [6.07, 6.45) is 0. The predicted octanol–water partition coefficient (Wildman–Crippen LogP) is 1.91. The zero-order chi connectivity index (χ0) is 15.4. The molecule has 0 aliphatic heterocycles. The Labute approximate surface area is 118 Å². The van der Waals surface area contributed by atoms with Crippen molar-refractivity contribution in [1.29, 1.82) is 0 Å². The highest BCUT2D eigenvalue weighted by Crippen LogP contribution is 2.46. The van der Waals surface area contributed by atoms with Crippen molar-refractivity contribution >= 4 is 34.4 Å². The van der Waals surface area contributed by atoms with Gasteiger partial charge in [0.1, 0.15) is 22.6 Å². The molecule has 21 heavy (non-hydrogen) atoms. The molecule has 7 heteroatoms. The summed E-state index contributed by atoms with van der Waals surface area (Å²) in [7, 11) is -4.81. The molecule has 108 valence electrons. The molecule has 3 aromatic carbocycles. The van der Waals surface area contributed by atoms with Gasteiger partial charge in [-0.3, -0.25) is 4.57 Å². The molecule has 3 rings (SSSR count). The molecule has 0 heterocycles. The summed E-state index contributed by atoms with van der Waals surface area (Å²) in [5.74, 6) is -1.30. The van der Waals surface area contributed by atoms with Crippen LogP contribution in [-0.2, 0) is 4.57 Å². The van der Waals surface area contributed by atoms with Crippen LogP contribution in [0, 0.1) is 0 Å². The number of phenols is 3. The molecule has 5 N–H and O–H groups in total. The SMILES string of the molecule is O=P(O)(O)c1c(O)ccc2cc3cccc(O)c3c(O)c12. The van der Waals surface area contributed by atoms with Gasteiger partial charge in [-0.15, -0.1) is 0 Å².